The number of carbonyl (C=O) groups is 2. The molecule has 2 aliphatic rings. The number of rotatable bonds is 14. The summed E-state index contributed by atoms with van der Waals surface area (Å²) >= 11 is 5.84. The first-order valence-corrected chi connectivity index (χ1v) is 33.5. The van der Waals surface area contributed by atoms with Gasteiger partial charge in [0, 0.05) is 117 Å². The number of aromatic nitrogens is 10. The number of hydrogen-bond acceptors (Lipinski definition) is 16. The Labute approximate surface area is 590 Å². The summed E-state index contributed by atoms with van der Waals surface area (Å²) in [6.07, 6.45) is 7.24. The fraction of sp³-hybridized carbons (Fsp3) is 0.333. The fourth-order valence-corrected chi connectivity index (χ4v) is 12.3. The summed E-state index contributed by atoms with van der Waals surface area (Å²) in [4.78, 5) is 49.8. The van der Waals surface area contributed by atoms with E-state index in [1.807, 2.05) is 109 Å². The van der Waals surface area contributed by atoms with E-state index in [1.54, 1.807) is 38.6 Å². The second-order valence-corrected chi connectivity index (χ2v) is 26.3. The summed E-state index contributed by atoms with van der Waals surface area (Å²) in [6, 6.07) is 35.5. The lowest BCUT2D eigenvalue weighted by Gasteiger charge is -2.32. The van der Waals surface area contributed by atoms with Crippen LogP contribution in [0.25, 0.3) is 66.1 Å². The second kappa shape index (κ2) is 32.4. The van der Waals surface area contributed by atoms with Gasteiger partial charge in [-0.1, -0.05) is 73.9 Å². The van der Waals surface area contributed by atoms with Crippen molar-refractivity contribution in [3.8, 4) is 50.6 Å². The molecule has 20 nitrogen and oxygen atoms in total. The van der Waals surface area contributed by atoms with E-state index >= 15 is 0 Å². The molecule has 0 spiro atoms. The Hall–Kier alpha value is -10.6. The van der Waals surface area contributed by atoms with Crippen molar-refractivity contribution in [1.29, 1.82) is 0 Å². The van der Waals surface area contributed by atoms with Crippen LogP contribution < -0.4 is 24.8 Å². The van der Waals surface area contributed by atoms with Crippen LogP contribution >= 0.6 is 11.6 Å². The Bertz CT molecular complexity index is 4780. The average molecular weight is 1420 g/mol. The van der Waals surface area contributed by atoms with Gasteiger partial charge >= 0.3 is 18.2 Å². The minimum Gasteiger partial charge on any atom is -0.496 e. The predicted octanol–water partition coefficient (Wildman–Crippen LogP) is 18.8. The van der Waals surface area contributed by atoms with Gasteiger partial charge in [0.25, 0.3) is 0 Å². The first-order valence-electron chi connectivity index (χ1n) is 33.1. The van der Waals surface area contributed by atoms with Crippen molar-refractivity contribution in [2.24, 2.45) is 0 Å². The van der Waals surface area contributed by atoms with Crippen molar-refractivity contribution < 1.29 is 60.0 Å². The molecule has 1 saturated heterocycles. The molecular formula is C75H78ClF6N13O7. The number of anilines is 4. The predicted molar refractivity (Wildman–Crippen MR) is 381 cm³/mol. The highest BCUT2D eigenvalue weighted by Gasteiger charge is 2.38. The third kappa shape index (κ3) is 18.1. The van der Waals surface area contributed by atoms with Gasteiger partial charge in [0.15, 0.2) is 0 Å². The normalized spacial score (nSPS) is 13.6. The molecule has 27 heteroatoms. The lowest BCUT2D eigenvalue weighted by molar-refractivity contribution is -0.192. The highest BCUT2D eigenvalue weighted by atomic mass is 35.5. The number of nitrogens with one attached hydrogen (secondary N) is 2. The van der Waals surface area contributed by atoms with Crippen LogP contribution in [-0.4, -0.2) is 118 Å². The lowest BCUT2D eigenvalue weighted by Crippen LogP contribution is -2.41. The summed E-state index contributed by atoms with van der Waals surface area (Å²) in [5.41, 5.74) is 7.64. The first kappa shape index (κ1) is 74.1. The Morgan fingerprint density at radius 2 is 0.892 bits per heavy atom. The maximum absolute atomic E-state index is 14.6. The number of hydrogen-bond donors (Lipinski definition) is 3. The van der Waals surface area contributed by atoms with Crippen LogP contribution in [0.4, 0.5) is 54.7 Å². The summed E-state index contributed by atoms with van der Waals surface area (Å²) in [5, 5.41) is 25.6. The zero-order valence-corrected chi connectivity index (χ0v) is 58.7. The number of para-hydroxylation sites is 3. The minimum absolute atomic E-state index is 0.0896. The second-order valence-electron chi connectivity index (χ2n) is 25.9. The Kier molecular flexibility index (Phi) is 23.5. The number of amides is 1. The zero-order chi connectivity index (χ0) is 73.2. The van der Waals surface area contributed by atoms with Crippen LogP contribution in [0.15, 0.2) is 140 Å². The number of fused-ring (bicyclic) bond motifs is 3. The molecule has 102 heavy (non-hydrogen) atoms. The van der Waals surface area contributed by atoms with Gasteiger partial charge < -0.3 is 39.6 Å². The Morgan fingerprint density at radius 1 is 0.529 bits per heavy atom. The Morgan fingerprint density at radius 3 is 1.25 bits per heavy atom. The molecule has 13 rings (SSSR count). The number of likely N-dealkylation sites (tertiary alicyclic amines) is 1. The highest BCUT2D eigenvalue weighted by molar-refractivity contribution is 6.28. The maximum Gasteiger partial charge on any atom is 0.490 e. The molecule has 3 N–H and O–H groups in total. The molecule has 1 saturated carbocycles. The fourth-order valence-electron chi connectivity index (χ4n) is 12.2. The number of alkyl halides is 3. The molecule has 5 aromatic heterocycles. The van der Waals surface area contributed by atoms with Gasteiger partial charge in [-0.05, 0) is 140 Å². The van der Waals surface area contributed by atoms with Crippen molar-refractivity contribution >= 4 is 79.9 Å². The lowest BCUT2D eigenvalue weighted by atomic mass is 9.87. The van der Waals surface area contributed by atoms with Crippen molar-refractivity contribution in [3.05, 3.63) is 174 Å². The smallest absolute Gasteiger partial charge is 0.490 e. The number of carboxylic acid groups (broad SMARTS) is 1. The minimum atomic E-state index is -5.08. The van der Waals surface area contributed by atoms with Crippen molar-refractivity contribution in [2.75, 3.05) is 45.1 Å². The van der Waals surface area contributed by atoms with E-state index < -0.39 is 17.7 Å². The van der Waals surface area contributed by atoms with E-state index in [9.17, 15) is 31.1 Å². The molecule has 2 fully saturated rings. The van der Waals surface area contributed by atoms with Crippen molar-refractivity contribution in [2.45, 2.75) is 129 Å². The third-order valence-electron chi connectivity index (χ3n) is 16.9. The highest BCUT2D eigenvalue weighted by Crippen LogP contribution is 2.41. The summed E-state index contributed by atoms with van der Waals surface area (Å²) < 4.78 is 100. The zero-order valence-electron chi connectivity index (χ0n) is 57.9. The molecule has 0 unspecified atom stereocenters. The average Bonchev–Trinajstić information content (AvgIpc) is 0.939. The van der Waals surface area contributed by atoms with Crippen LogP contribution in [0.2, 0.25) is 5.28 Å². The van der Waals surface area contributed by atoms with Gasteiger partial charge in [0.05, 0.1) is 49.3 Å². The number of ether oxygens (including phenoxy) is 4. The van der Waals surface area contributed by atoms with E-state index in [1.165, 1.54) is 74.7 Å². The molecule has 1 aliphatic heterocycles. The summed E-state index contributed by atoms with van der Waals surface area (Å²) in [7, 11) is 4.77. The first-order chi connectivity index (χ1) is 48.7. The molecule has 6 aromatic carbocycles. The van der Waals surface area contributed by atoms with E-state index in [-0.39, 0.29) is 46.8 Å². The van der Waals surface area contributed by atoms with Gasteiger partial charge in [-0.25, -0.2) is 62.0 Å². The van der Waals surface area contributed by atoms with E-state index in [0.29, 0.717) is 97.6 Å². The van der Waals surface area contributed by atoms with Gasteiger partial charge in [-0.3, -0.25) is 0 Å². The SMILES string of the molecule is COc1ccccc1-c1cc(F)cc2cnc(Cl)nc12.COc1ccccc1-c1cc(F)cc2cnc(Nc3cc(C4CCCCC4)nn3C(C)C)nc12.COc1ccccc1-c1cc(F)cc2cnc(Nc3cc(C4CCN(C(=O)OC(C)(C)C)CC4)nn3C(C)C)nc12.O=C(O)C(F)(F)F. The molecule has 6 heterocycles. The largest absolute Gasteiger partial charge is 0.496 e. The third-order valence-corrected chi connectivity index (χ3v) is 17.1. The molecular weight excluding hydrogens is 1340 g/mol. The maximum atomic E-state index is 14.6. The number of carboxylic acids is 1. The molecule has 0 bridgehead atoms. The van der Waals surface area contributed by atoms with Crippen molar-refractivity contribution in [1.82, 2.24) is 54.4 Å². The number of methoxy groups -OCH3 is 3. The molecule has 0 atom stereocenters. The monoisotopic (exact) mass is 1420 g/mol. The number of aliphatic carboxylic acids is 1. The number of piperidine rings is 1. The van der Waals surface area contributed by atoms with Gasteiger partial charge in [-0.2, -0.15) is 23.4 Å². The number of carbonyl (C=O) groups excluding carboxylic acids is 1. The number of benzene rings is 6. The standard InChI is InChI=1S/C31H37FN6O3.C27H30FN5O.C15H10ClFN2O.C2HF3O2/c1-19(2)38-27(17-25(36-38)20-11-13-37(14-12-20)30(39)41-31(3,4)5)34-29-33-18-21-15-22(32)16-24(28(21)35-29)23-9-7-8-10-26(23)40-6;1-17(2)33-25(15-23(32-33)18-9-5-4-6-10-18)30-27-29-16-19-13-20(28)14-22(26(19)31-27)21-11-7-8-12-24(21)34-3;1-20-13-5-3-2-4-11(13)12-7-10(17)6-9-8-18-15(16)19-14(9)12;3-2(4,5)1(6)7/h7-10,15-20H,11-14H2,1-6H3,(H,33,34,35);7-8,11-18H,4-6,9-10H2,1-3H3,(H,29,30,31);2-8H,1H3;(H,6,7). The van der Waals surface area contributed by atoms with E-state index in [2.05, 4.69) is 64.3 Å². The summed E-state index contributed by atoms with van der Waals surface area (Å²) in [6.45, 7) is 15.2. The summed E-state index contributed by atoms with van der Waals surface area (Å²) in [5.74, 6) is 1.31. The van der Waals surface area contributed by atoms with Crippen LogP contribution in [0.1, 0.15) is 129 Å². The van der Waals surface area contributed by atoms with E-state index in [4.69, 9.17) is 60.6 Å². The van der Waals surface area contributed by atoms with Crippen LogP contribution in [0.5, 0.6) is 17.2 Å². The van der Waals surface area contributed by atoms with Gasteiger partial charge in [0.2, 0.25) is 17.2 Å². The molecule has 1 aliphatic carbocycles. The molecule has 0 radical (unpaired) electrons. The van der Waals surface area contributed by atoms with Crippen molar-refractivity contribution in [3.63, 3.8) is 0 Å². The molecule has 534 valence electrons. The Balaban J connectivity index is 0.000000164. The molecule has 11 aromatic rings. The van der Waals surface area contributed by atoms with Crippen LogP contribution in [0.3, 0.4) is 0 Å². The quantitative estimate of drug-likeness (QED) is 0.0678. The van der Waals surface area contributed by atoms with Gasteiger partial charge in [0.1, 0.15) is 51.9 Å². The van der Waals surface area contributed by atoms with E-state index in [0.717, 1.165) is 52.6 Å². The topological polar surface area (TPSA) is 232 Å². The van der Waals surface area contributed by atoms with Crippen LogP contribution in [-0.2, 0) is 9.53 Å². The van der Waals surface area contributed by atoms with Gasteiger partial charge in [-0.15, -0.1) is 0 Å². The molecule has 1 amide bonds. The number of nitrogens with zero attached hydrogens (tertiary/aromatic N) is 11. The van der Waals surface area contributed by atoms with Crippen LogP contribution in [0, 0.1) is 17.5 Å². The number of halogens is 7.